The molecule has 0 atom stereocenters. The quantitative estimate of drug-likeness (QED) is 0.690. The molecule has 0 aliphatic heterocycles. The second-order valence-electron chi connectivity index (χ2n) is 3.34. The van der Waals surface area contributed by atoms with Crippen molar-refractivity contribution in [3.63, 3.8) is 0 Å². The number of alkyl halides is 1. The summed E-state index contributed by atoms with van der Waals surface area (Å²) >= 11 is 16.4. The number of benzene rings is 1. The first kappa shape index (κ1) is 13.1. The lowest BCUT2D eigenvalue weighted by Gasteiger charge is -2.03. The Morgan fingerprint density at radius 2 is 2.24 bits per heavy atom. The number of aryl methyl sites for hydroxylation is 1. The lowest BCUT2D eigenvalue weighted by atomic mass is 10.2. The summed E-state index contributed by atoms with van der Waals surface area (Å²) in [6.07, 6.45) is 0. The molecule has 1 heterocycles. The molecule has 0 radical (unpaired) electrons. The van der Waals surface area contributed by atoms with Crippen LogP contribution in [0.1, 0.15) is 10.4 Å². The van der Waals surface area contributed by atoms with Crippen molar-refractivity contribution < 1.29 is 4.74 Å². The minimum Gasteiger partial charge on any atom is -0.431 e. The normalized spacial score (nSPS) is 10.6. The highest BCUT2D eigenvalue weighted by atomic mass is 79.9. The maximum atomic E-state index is 5.90. The highest BCUT2D eigenvalue weighted by molar-refractivity contribution is 9.10. The van der Waals surface area contributed by atoms with E-state index < -0.39 is 0 Å². The van der Waals surface area contributed by atoms with Crippen LogP contribution in [-0.2, 0) is 5.88 Å². The summed E-state index contributed by atoms with van der Waals surface area (Å²) in [7, 11) is 0. The van der Waals surface area contributed by atoms with E-state index in [1.807, 2.05) is 25.1 Å². The summed E-state index contributed by atoms with van der Waals surface area (Å²) in [5.74, 6) is 1.08. The average Bonchev–Trinajstić information content (AvgIpc) is 2.64. The molecule has 90 valence electrons. The number of aromatic nitrogens is 1. The van der Waals surface area contributed by atoms with Gasteiger partial charge in [0, 0.05) is 4.47 Å². The molecule has 1 aromatic carbocycles. The molecule has 2 nitrogen and oxygen atoms in total. The Bertz CT molecular complexity index is 544. The van der Waals surface area contributed by atoms with Crippen LogP contribution in [0, 0.1) is 6.92 Å². The first-order valence-corrected chi connectivity index (χ1v) is 7.27. The van der Waals surface area contributed by atoms with Crippen molar-refractivity contribution in [1.82, 2.24) is 4.98 Å². The maximum absolute atomic E-state index is 5.90. The lowest BCUT2D eigenvalue weighted by Crippen LogP contribution is -1.84. The van der Waals surface area contributed by atoms with Gasteiger partial charge in [-0.05, 0) is 30.7 Å². The second kappa shape index (κ2) is 5.57. The van der Waals surface area contributed by atoms with E-state index in [2.05, 4.69) is 20.9 Å². The number of ether oxygens (including phenoxy) is 1. The van der Waals surface area contributed by atoms with E-state index in [0.717, 1.165) is 20.7 Å². The van der Waals surface area contributed by atoms with Crippen molar-refractivity contribution in [2.45, 2.75) is 12.8 Å². The summed E-state index contributed by atoms with van der Waals surface area (Å²) in [6.45, 7) is 2.00. The van der Waals surface area contributed by atoms with E-state index in [1.165, 1.54) is 11.3 Å². The van der Waals surface area contributed by atoms with Crippen LogP contribution in [-0.4, -0.2) is 4.98 Å². The molecular weight excluding hydrogens is 345 g/mol. The fourth-order valence-corrected chi connectivity index (χ4v) is 2.81. The van der Waals surface area contributed by atoms with Crippen molar-refractivity contribution in [3.05, 3.63) is 38.3 Å². The predicted molar refractivity (Wildman–Crippen MR) is 75.6 cm³/mol. The van der Waals surface area contributed by atoms with Gasteiger partial charge in [-0.25, -0.2) is 0 Å². The molecule has 0 unspecified atom stereocenters. The van der Waals surface area contributed by atoms with Gasteiger partial charge in [-0.2, -0.15) is 4.98 Å². The highest BCUT2D eigenvalue weighted by Gasteiger charge is 2.10. The van der Waals surface area contributed by atoms with Crippen LogP contribution in [0.3, 0.4) is 0 Å². The Kier molecular flexibility index (Phi) is 4.31. The SMILES string of the molecule is Cc1cc(Oc2nc(Cl)c(CCl)s2)ccc1Br. The molecule has 0 aliphatic rings. The van der Waals surface area contributed by atoms with Crippen molar-refractivity contribution in [2.24, 2.45) is 0 Å². The zero-order chi connectivity index (χ0) is 12.4. The Labute approximate surface area is 122 Å². The topological polar surface area (TPSA) is 22.1 Å². The van der Waals surface area contributed by atoms with Gasteiger partial charge in [0.15, 0.2) is 0 Å². The predicted octanol–water partition coefficient (Wildman–Crippen LogP) is 5.40. The lowest BCUT2D eigenvalue weighted by molar-refractivity contribution is 0.478. The van der Waals surface area contributed by atoms with E-state index in [-0.39, 0.29) is 0 Å². The summed E-state index contributed by atoms with van der Waals surface area (Å²) < 4.78 is 6.67. The zero-order valence-electron chi connectivity index (χ0n) is 8.84. The van der Waals surface area contributed by atoms with Crippen LogP contribution in [0.2, 0.25) is 5.15 Å². The molecule has 0 fully saturated rings. The number of nitrogens with zero attached hydrogens (tertiary/aromatic N) is 1. The number of thiazole rings is 1. The summed E-state index contributed by atoms with van der Waals surface area (Å²) in [5, 5.41) is 0.918. The van der Waals surface area contributed by atoms with Crippen LogP contribution in [0.25, 0.3) is 0 Å². The average molecular weight is 353 g/mol. The Balaban J connectivity index is 2.22. The maximum Gasteiger partial charge on any atom is 0.280 e. The fourth-order valence-electron chi connectivity index (χ4n) is 1.22. The zero-order valence-corrected chi connectivity index (χ0v) is 12.8. The number of hydrogen-bond acceptors (Lipinski definition) is 3. The van der Waals surface area contributed by atoms with Crippen LogP contribution < -0.4 is 4.74 Å². The summed E-state index contributed by atoms with van der Waals surface area (Å²) in [5.41, 5.74) is 1.10. The third-order valence-corrected chi connectivity index (χ3v) is 4.76. The van der Waals surface area contributed by atoms with Gasteiger partial charge >= 0.3 is 0 Å². The standard InChI is InChI=1S/C11H8BrCl2NOS/c1-6-4-7(2-3-8(6)12)16-11-15-10(14)9(5-13)17-11/h2-4H,5H2,1H3. The van der Waals surface area contributed by atoms with Gasteiger partial charge in [0.05, 0.1) is 10.8 Å². The van der Waals surface area contributed by atoms with E-state index in [0.29, 0.717) is 16.2 Å². The Morgan fingerprint density at radius 1 is 1.47 bits per heavy atom. The molecule has 0 saturated carbocycles. The number of halogens is 3. The minimum atomic E-state index is 0.346. The van der Waals surface area contributed by atoms with Gasteiger partial charge in [-0.15, -0.1) is 11.6 Å². The molecule has 17 heavy (non-hydrogen) atoms. The van der Waals surface area contributed by atoms with Gasteiger partial charge in [0.1, 0.15) is 10.9 Å². The van der Waals surface area contributed by atoms with Crippen LogP contribution in [0.5, 0.6) is 10.9 Å². The van der Waals surface area contributed by atoms with Crippen molar-refractivity contribution in [1.29, 1.82) is 0 Å². The largest absolute Gasteiger partial charge is 0.431 e. The molecule has 0 spiro atoms. The van der Waals surface area contributed by atoms with E-state index >= 15 is 0 Å². The van der Waals surface area contributed by atoms with Crippen LogP contribution >= 0.6 is 50.5 Å². The fraction of sp³-hybridized carbons (Fsp3) is 0.182. The minimum absolute atomic E-state index is 0.346. The van der Waals surface area contributed by atoms with E-state index in [9.17, 15) is 0 Å². The van der Waals surface area contributed by atoms with Crippen molar-refractivity contribution >= 4 is 50.5 Å². The molecule has 2 rings (SSSR count). The van der Waals surface area contributed by atoms with E-state index in [1.54, 1.807) is 0 Å². The van der Waals surface area contributed by atoms with Gasteiger partial charge in [-0.1, -0.05) is 38.9 Å². The molecular formula is C11H8BrCl2NOS. The van der Waals surface area contributed by atoms with Gasteiger partial charge < -0.3 is 4.74 Å². The van der Waals surface area contributed by atoms with E-state index in [4.69, 9.17) is 27.9 Å². The first-order chi connectivity index (χ1) is 8.10. The monoisotopic (exact) mass is 351 g/mol. The van der Waals surface area contributed by atoms with Gasteiger partial charge in [0.25, 0.3) is 5.19 Å². The Hall–Kier alpha value is -0.290. The molecule has 0 saturated heterocycles. The Morgan fingerprint density at radius 3 is 2.82 bits per heavy atom. The molecule has 1 aromatic heterocycles. The highest BCUT2D eigenvalue weighted by Crippen LogP contribution is 2.33. The molecule has 2 aromatic rings. The third kappa shape index (κ3) is 3.13. The molecule has 0 bridgehead atoms. The summed E-state index contributed by atoms with van der Waals surface area (Å²) in [6, 6.07) is 5.73. The molecule has 0 aliphatic carbocycles. The van der Waals surface area contributed by atoms with Crippen molar-refractivity contribution in [2.75, 3.05) is 0 Å². The van der Waals surface area contributed by atoms with Crippen LogP contribution in [0.4, 0.5) is 0 Å². The smallest absolute Gasteiger partial charge is 0.280 e. The third-order valence-electron chi connectivity index (χ3n) is 2.09. The molecule has 0 amide bonds. The number of hydrogen-bond donors (Lipinski definition) is 0. The summed E-state index contributed by atoms with van der Waals surface area (Å²) in [4.78, 5) is 4.91. The van der Waals surface area contributed by atoms with Crippen molar-refractivity contribution in [3.8, 4) is 10.9 Å². The van der Waals surface area contributed by atoms with Crippen LogP contribution in [0.15, 0.2) is 22.7 Å². The first-order valence-electron chi connectivity index (χ1n) is 4.75. The molecule has 0 N–H and O–H groups in total. The molecule has 6 heteroatoms. The van der Waals surface area contributed by atoms with Gasteiger partial charge in [-0.3, -0.25) is 0 Å². The second-order valence-corrected chi connectivity index (χ2v) is 5.87. The van der Waals surface area contributed by atoms with Gasteiger partial charge in [0.2, 0.25) is 0 Å². The number of rotatable bonds is 3.